The van der Waals surface area contributed by atoms with Crippen LogP contribution in [0.4, 0.5) is 11.4 Å². The molecule has 0 radical (unpaired) electrons. The number of hydrogen-bond acceptors (Lipinski definition) is 3. The van der Waals surface area contributed by atoms with E-state index in [0.29, 0.717) is 12.2 Å². The Labute approximate surface area is 108 Å². The number of anilines is 2. The van der Waals surface area contributed by atoms with Crippen molar-refractivity contribution in [3.8, 4) is 0 Å². The van der Waals surface area contributed by atoms with Crippen LogP contribution in [-0.2, 0) is 16.6 Å². The van der Waals surface area contributed by atoms with Crippen molar-refractivity contribution in [3.63, 3.8) is 0 Å². The van der Waals surface area contributed by atoms with Gasteiger partial charge in [0.1, 0.15) is 0 Å². The third-order valence-electron chi connectivity index (χ3n) is 2.88. The lowest BCUT2D eigenvalue weighted by Gasteiger charge is -2.21. The Morgan fingerprint density at radius 1 is 1.39 bits per heavy atom. The molecule has 0 amide bonds. The summed E-state index contributed by atoms with van der Waals surface area (Å²) in [6.07, 6.45) is 2.69. The van der Waals surface area contributed by atoms with Gasteiger partial charge in [0.25, 0.3) is 10.2 Å². The summed E-state index contributed by atoms with van der Waals surface area (Å²) in [5.41, 5.74) is 2.74. The lowest BCUT2D eigenvalue weighted by Crippen LogP contribution is -2.31. The molecule has 1 heterocycles. The second-order valence-corrected chi connectivity index (χ2v) is 5.86. The predicted octanol–water partition coefficient (Wildman–Crippen LogP) is 1.70. The molecule has 100 valence electrons. The molecule has 0 bridgehead atoms. The van der Waals surface area contributed by atoms with Crippen molar-refractivity contribution in [3.05, 3.63) is 23.8 Å². The molecule has 1 aromatic rings. The maximum Gasteiger partial charge on any atom is 0.299 e. The van der Waals surface area contributed by atoms with Crippen LogP contribution in [0.15, 0.2) is 18.2 Å². The van der Waals surface area contributed by atoms with Crippen LogP contribution in [0.25, 0.3) is 0 Å². The number of benzene rings is 1. The second kappa shape index (κ2) is 5.58. The zero-order valence-corrected chi connectivity index (χ0v) is 11.3. The molecule has 0 atom stereocenters. The molecule has 1 aliphatic rings. The van der Waals surface area contributed by atoms with Gasteiger partial charge in [-0.2, -0.15) is 13.1 Å². The van der Waals surface area contributed by atoms with Gasteiger partial charge < -0.3 is 5.32 Å². The fraction of sp³-hybridized carbons (Fsp3) is 0.500. The topological polar surface area (TPSA) is 70.2 Å². The molecule has 0 spiro atoms. The van der Waals surface area contributed by atoms with E-state index >= 15 is 0 Å². The molecule has 0 saturated carbocycles. The maximum atomic E-state index is 11.8. The summed E-state index contributed by atoms with van der Waals surface area (Å²) in [6, 6.07) is 5.64. The van der Waals surface area contributed by atoms with Crippen molar-refractivity contribution in [2.24, 2.45) is 0 Å². The second-order valence-electron chi connectivity index (χ2n) is 4.36. The van der Waals surface area contributed by atoms with Gasteiger partial charge in [0.15, 0.2) is 0 Å². The van der Waals surface area contributed by atoms with E-state index in [-0.39, 0.29) is 0 Å². The van der Waals surface area contributed by atoms with Crippen LogP contribution in [0.5, 0.6) is 0 Å². The Balaban J connectivity index is 2.19. The van der Waals surface area contributed by atoms with Gasteiger partial charge in [-0.15, -0.1) is 0 Å². The monoisotopic (exact) mass is 269 g/mol. The minimum atomic E-state index is -3.46. The van der Waals surface area contributed by atoms with Crippen LogP contribution in [0, 0.1) is 0 Å². The number of nitrogens with one attached hydrogen (secondary N) is 3. The molecular formula is C12H19N3O2S. The molecule has 3 N–H and O–H groups in total. The molecule has 18 heavy (non-hydrogen) atoms. The van der Waals surface area contributed by atoms with Gasteiger partial charge in [0, 0.05) is 18.8 Å². The quantitative estimate of drug-likeness (QED) is 0.762. The van der Waals surface area contributed by atoms with E-state index in [1.807, 2.05) is 19.1 Å². The molecule has 1 aromatic carbocycles. The zero-order chi connectivity index (χ0) is 13.0. The fourth-order valence-corrected chi connectivity index (χ4v) is 3.05. The van der Waals surface area contributed by atoms with E-state index in [1.165, 1.54) is 0 Å². The first-order valence-corrected chi connectivity index (χ1v) is 7.74. The Hall–Kier alpha value is -1.27. The van der Waals surface area contributed by atoms with Crippen molar-refractivity contribution < 1.29 is 8.42 Å². The largest absolute Gasteiger partial charge is 0.385 e. The standard InChI is InChI=1S/C12H19N3O2S/c1-2-8-14-18(16,17)15-12-7-3-6-11-10(12)5-4-9-13-11/h3,6-7,13-15H,2,4-5,8-9H2,1H3. The first-order chi connectivity index (χ1) is 8.62. The highest BCUT2D eigenvalue weighted by Gasteiger charge is 2.16. The number of rotatable bonds is 5. The summed E-state index contributed by atoms with van der Waals surface area (Å²) in [4.78, 5) is 0. The Morgan fingerprint density at radius 3 is 3.00 bits per heavy atom. The molecule has 0 unspecified atom stereocenters. The van der Waals surface area contributed by atoms with E-state index in [1.54, 1.807) is 6.07 Å². The van der Waals surface area contributed by atoms with E-state index in [9.17, 15) is 8.42 Å². The molecule has 5 nitrogen and oxygen atoms in total. The van der Waals surface area contributed by atoms with E-state index < -0.39 is 10.2 Å². The smallest absolute Gasteiger partial charge is 0.299 e. The summed E-state index contributed by atoms with van der Waals surface area (Å²) >= 11 is 0. The minimum Gasteiger partial charge on any atom is -0.385 e. The molecule has 0 fully saturated rings. The van der Waals surface area contributed by atoms with E-state index in [0.717, 1.165) is 37.1 Å². The molecule has 0 aromatic heterocycles. The highest BCUT2D eigenvalue weighted by atomic mass is 32.2. The fourth-order valence-electron chi connectivity index (χ4n) is 2.02. The number of fused-ring (bicyclic) bond motifs is 1. The molecular weight excluding hydrogens is 250 g/mol. The highest BCUT2D eigenvalue weighted by molar-refractivity contribution is 7.90. The third kappa shape index (κ3) is 3.14. The normalized spacial score (nSPS) is 14.7. The van der Waals surface area contributed by atoms with Gasteiger partial charge in [0.2, 0.25) is 0 Å². The minimum absolute atomic E-state index is 0.447. The molecule has 0 saturated heterocycles. The van der Waals surface area contributed by atoms with E-state index in [4.69, 9.17) is 0 Å². The van der Waals surface area contributed by atoms with Crippen LogP contribution in [0.3, 0.4) is 0 Å². The first kappa shape index (κ1) is 13.2. The van der Waals surface area contributed by atoms with Gasteiger partial charge in [-0.05, 0) is 37.0 Å². The summed E-state index contributed by atoms with van der Waals surface area (Å²) < 4.78 is 28.7. The molecule has 6 heteroatoms. The van der Waals surface area contributed by atoms with Crippen LogP contribution < -0.4 is 14.8 Å². The van der Waals surface area contributed by atoms with Crippen LogP contribution in [0.2, 0.25) is 0 Å². The molecule has 0 aliphatic carbocycles. The van der Waals surface area contributed by atoms with Crippen LogP contribution in [0.1, 0.15) is 25.3 Å². The summed E-state index contributed by atoms with van der Waals surface area (Å²) in [5, 5.41) is 3.28. The maximum absolute atomic E-state index is 11.8. The molecule has 2 rings (SSSR count). The third-order valence-corrected chi connectivity index (χ3v) is 3.95. The van der Waals surface area contributed by atoms with Crippen molar-refractivity contribution in [1.29, 1.82) is 0 Å². The van der Waals surface area contributed by atoms with E-state index in [2.05, 4.69) is 14.8 Å². The van der Waals surface area contributed by atoms with Crippen molar-refractivity contribution in [2.75, 3.05) is 23.1 Å². The van der Waals surface area contributed by atoms with Crippen molar-refractivity contribution >= 4 is 21.6 Å². The van der Waals surface area contributed by atoms with Crippen molar-refractivity contribution in [2.45, 2.75) is 26.2 Å². The lowest BCUT2D eigenvalue weighted by molar-refractivity contribution is 0.586. The molecule has 1 aliphatic heterocycles. The van der Waals surface area contributed by atoms with Crippen LogP contribution in [-0.4, -0.2) is 21.5 Å². The predicted molar refractivity (Wildman–Crippen MR) is 74.1 cm³/mol. The first-order valence-electron chi connectivity index (χ1n) is 6.25. The summed E-state index contributed by atoms with van der Waals surface area (Å²) in [5.74, 6) is 0. The highest BCUT2D eigenvalue weighted by Crippen LogP contribution is 2.29. The number of hydrogen-bond donors (Lipinski definition) is 3. The Kier molecular flexibility index (Phi) is 4.08. The lowest BCUT2D eigenvalue weighted by atomic mass is 10.0. The summed E-state index contributed by atoms with van der Waals surface area (Å²) in [7, 11) is -3.46. The van der Waals surface area contributed by atoms with Gasteiger partial charge in [0.05, 0.1) is 5.69 Å². The van der Waals surface area contributed by atoms with Gasteiger partial charge in [-0.1, -0.05) is 13.0 Å². The summed E-state index contributed by atoms with van der Waals surface area (Å²) in [6.45, 7) is 3.32. The van der Waals surface area contributed by atoms with Gasteiger partial charge in [-0.3, -0.25) is 4.72 Å². The average Bonchev–Trinajstić information content (AvgIpc) is 2.37. The zero-order valence-electron chi connectivity index (χ0n) is 10.5. The average molecular weight is 269 g/mol. The van der Waals surface area contributed by atoms with Gasteiger partial charge in [-0.25, -0.2) is 0 Å². The Morgan fingerprint density at radius 2 is 2.22 bits per heavy atom. The SMILES string of the molecule is CCCNS(=O)(=O)Nc1cccc2c1CCCN2. The van der Waals surface area contributed by atoms with Gasteiger partial charge >= 0.3 is 0 Å². The van der Waals surface area contributed by atoms with Crippen LogP contribution >= 0.6 is 0 Å². The van der Waals surface area contributed by atoms with Crippen molar-refractivity contribution in [1.82, 2.24) is 4.72 Å². The Bertz CT molecular complexity index is 514.